The molecule has 1 unspecified atom stereocenters. The predicted molar refractivity (Wildman–Crippen MR) is 91.6 cm³/mol. The highest BCUT2D eigenvalue weighted by Gasteiger charge is 2.34. The van der Waals surface area contributed by atoms with Crippen LogP contribution >= 0.6 is 34.3 Å². The summed E-state index contributed by atoms with van der Waals surface area (Å²) < 4.78 is 27.2. The van der Waals surface area contributed by atoms with Gasteiger partial charge in [0.1, 0.15) is 4.21 Å². The van der Waals surface area contributed by atoms with E-state index >= 15 is 0 Å². The van der Waals surface area contributed by atoms with E-state index in [1.165, 1.54) is 21.7 Å². The maximum absolute atomic E-state index is 12.6. The minimum atomic E-state index is -3.60. The van der Waals surface area contributed by atoms with Gasteiger partial charge >= 0.3 is 0 Å². The topological polar surface area (TPSA) is 79.4 Å². The lowest BCUT2D eigenvalue weighted by atomic mass is 9.99. The van der Waals surface area contributed by atoms with Gasteiger partial charge < -0.3 is 5.32 Å². The Bertz CT molecular complexity index is 789. The van der Waals surface area contributed by atoms with Gasteiger partial charge in [0.25, 0.3) is 10.0 Å². The molecule has 1 N–H and O–H groups in total. The lowest BCUT2D eigenvalue weighted by Crippen LogP contribution is -2.43. The summed E-state index contributed by atoms with van der Waals surface area (Å²) in [7, 11) is -3.60. The summed E-state index contributed by atoms with van der Waals surface area (Å²) in [5.41, 5.74) is 0. The Hall–Kier alpha value is -1.000. The van der Waals surface area contributed by atoms with Crippen LogP contribution in [0.2, 0.25) is 4.34 Å². The predicted octanol–water partition coefficient (Wildman–Crippen LogP) is 2.90. The van der Waals surface area contributed by atoms with Crippen molar-refractivity contribution in [2.45, 2.75) is 17.1 Å². The molecular weight excluding hydrogens is 378 g/mol. The van der Waals surface area contributed by atoms with E-state index in [1.54, 1.807) is 17.6 Å². The number of sulfonamides is 1. The minimum absolute atomic E-state index is 0.176. The summed E-state index contributed by atoms with van der Waals surface area (Å²) in [6.07, 6.45) is 2.92. The second kappa shape index (κ2) is 6.86. The number of hydrogen-bond donors (Lipinski definition) is 1. The Morgan fingerprint density at radius 1 is 1.43 bits per heavy atom. The van der Waals surface area contributed by atoms with Gasteiger partial charge in [-0.05, 0) is 25.0 Å². The molecule has 0 bridgehead atoms. The minimum Gasteiger partial charge on any atom is -0.302 e. The van der Waals surface area contributed by atoms with Crippen molar-refractivity contribution in [1.82, 2.24) is 9.29 Å². The monoisotopic (exact) mass is 391 g/mol. The van der Waals surface area contributed by atoms with Crippen LogP contribution in [0.5, 0.6) is 0 Å². The number of thiazole rings is 1. The molecule has 0 aliphatic carbocycles. The maximum atomic E-state index is 12.6. The average Bonchev–Trinajstić information content (AvgIpc) is 3.19. The molecule has 1 saturated heterocycles. The van der Waals surface area contributed by atoms with Crippen molar-refractivity contribution in [3.63, 3.8) is 0 Å². The Balaban J connectivity index is 1.71. The van der Waals surface area contributed by atoms with Crippen molar-refractivity contribution in [2.75, 3.05) is 18.4 Å². The summed E-state index contributed by atoms with van der Waals surface area (Å²) in [6.45, 7) is 0.591. The van der Waals surface area contributed by atoms with Crippen LogP contribution in [-0.2, 0) is 14.8 Å². The number of carbonyl (C=O) groups is 1. The van der Waals surface area contributed by atoms with Gasteiger partial charge in [-0.2, -0.15) is 4.31 Å². The SMILES string of the molecule is O=C(Nc1nccs1)C1CCCN(S(=O)(=O)c2ccc(Cl)s2)C1. The molecule has 1 aliphatic heterocycles. The first kappa shape index (κ1) is 16.8. The second-order valence-corrected chi connectivity index (χ2v) is 9.86. The third-order valence-electron chi connectivity index (χ3n) is 3.56. The highest BCUT2D eigenvalue weighted by Crippen LogP contribution is 2.31. The number of carbonyl (C=O) groups excluding carboxylic acids is 1. The summed E-state index contributed by atoms with van der Waals surface area (Å²) >= 11 is 8.19. The van der Waals surface area contributed by atoms with Crippen molar-refractivity contribution < 1.29 is 13.2 Å². The first-order valence-electron chi connectivity index (χ1n) is 6.92. The Morgan fingerprint density at radius 3 is 2.91 bits per heavy atom. The molecule has 0 radical (unpaired) electrons. The highest BCUT2D eigenvalue weighted by molar-refractivity contribution is 7.91. The van der Waals surface area contributed by atoms with Crippen LogP contribution in [-0.4, -0.2) is 36.7 Å². The van der Waals surface area contributed by atoms with Crippen molar-refractivity contribution in [1.29, 1.82) is 0 Å². The van der Waals surface area contributed by atoms with Gasteiger partial charge in [0.2, 0.25) is 5.91 Å². The lowest BCUT2D eigenvalue weighted by molar-refractivity contribution is -0.120. The average molecular weight is 392 g/mol. The van der Waals surface area contributed by atoms with Gasteiger partial charge in [0, 0.05) is 24.7 Å². The van der Waals surface area contributed by atoms with Gasteiger partial charge in [-0.15, -0.1) is 22.7 Å². The number of nitrogens with zero attached hydrogens (tertiary/aromatic N) is 2. The van der Waals surface area contributed by atoms with E-state index in [9.17, 15) is 13.2 Å². The number of halogens is 1. The van der Waals surface area contributed by atoms with Gasteiger partial charge in [0.05, 0.1) is 10.3 Å². The zero-order valence-electron chi connectivity index (χ0n) is 11.9. The molecule has 0 aromatic carbocycles. The van der Waals surface area contributed by atoms with Crippen LogP contribution in [0.15, 0.2) is 27.9 Å². The third-order valence-corrected chi connectivity index (χ3v) is 7.81. The molecule has 3 rings (SSSR count). The number of rotatable bonds is 4. The van der Waals surface area contributed by atoms with E-state index in [1.807, 2.05) is 0 Å². The highest BCUT2D eigenvalue weighted by atomic mass is 35.5. The molecule has 0 saturated carbocycles. The molecule has 0 spiro atoms. The Labute approximate surface area is 147 Å². The van der Waals surface area contributed by atoms with Crippen molar-refractivity contribution in [2.24, 2.45) is 5.92 Å². The fraction of sp³-hybridized carbons (Fsp3) is 0.385. The van der Waals surface area contributed by atoms with E-state index in [0.29, 0.717) is 28.9 Å². The van der Waals surface area contributed by atoms with Crippen LogP contribution in [0, 0.1) is 5.92 Å². The van der Waals surface area contributed by atoms with Crippen LogP contribution in [0.25, 0.3) is 0 Å². The van der Waals surface area contributed by atoms with Gasteiger partial charge in [-0.3, -0.25) is 4.79 Å². The van der Waals surface area contributed by atoms with Crippen LogP contribution in [0.4, 0.5) is 5.13 Å². The fourth-order valence-corrected chi connectivity index (χ4v) is 6.12. The molecular formula is C13H14ClN3O3S3. The third kappa shape index (κ3) is 3.74. The van der Waals surface area contributed by atoms with Gasteiger partial charge in [0.15, 0.2) is 5.13 Å². The largest absolute Gasteiger partial charge is 0.302 e. The number of amides is 1. The zero-order chi connectivity index (χ0) is 16.4. The quantitative estimate of drug-likeness (QED) is 0.869. The molecule has 6 nitrogen and oxygen atoms in total. The molecule has 124 valence electrons. The van der Waals surface area contributed by atoms with Crippen molar-refractivity contribution >= 4 is 55.3 Å². The first-order valence-corrected chi connectivity index (χ1v) is 10.4. The van der Waals surface area contributed by atoms with E-state index in [0.717, 1.165) is 11.3 Å². The number of hydrogen-bond acceptors (Lipinski definition) is 6. The van der Waals surface area contributed by atoms with Crippen LogP contribution in [0.1, 0.15) is 12.8 Å². The first-order chi connectivity index (χ1) is 11.0. The molecule has 1 aliphatic rings. The van der Waals surface area contributed by atoms with Crippen LogP contribution in [0.3, 0.4) is 0 Å². The van der Waals surface area contributed by atoms with Crippen molar-refractivity contribution in [3.8, 4) is 0 Å². The van der Waals surface area contributed by atoms with E-state index < -0.39 is 10.0 Å². The lowest BCUT2D eigenvalue weighted by Gasteiger charge is -2.30. The Kier molecular flexibility index (Phi) is 5.02. The zero-order valence-corrected chi connectivity index (χ0v) is 15.1. The molecule has 10 heteroatoms. The number of nitrogens with one attached hydrogen (secondary N) is 1. The molecule has 3 heterocycles. The second-order valence-electron chi connectivity index (χ2n) is 5.09. The maximum Gasteiger partial charge on any atom is 0.252 e. The van der Waals surface area contributed by atoms with E-state index in [2.05, 4.69) is 10.3 Å². The Morgan fingerprint density at radius 2 is 2.26 bits per heavy atom. The van der Waals surface area contributed by atoms with Gasteiger partial charge in [-0.25, -0.2) is 13.4 Å². The summed E-state index contributed by atoms with van der Waals surface area (Å²) in [6, 6.07) is 3.07. The molecule has 1 amide bonds. The fourth-order valence-electron chi connectivity index (χ4n) is 2.43. The normalized spacial score (nSPS) is 19.6. The van der Waals surface area contributed by atoms with E-state index in [4.69, 9.17) is 11.6 Å². The summed E-state index contributed by atoms with van der Waals surface area (Å²) in [4.78, 5) is 16.3. The molecule has 1 atom stereocenters. The molecule has 23 heavy (non-hydrogen) atoms. The summed E-state index contributed by atoms with van der Waals surface area (Å²) in [5.74, 6) is -0.568. The number of aromatic nitrogens is 1. The smallest absolute Gasteiger partial charge is 0.252 e. The number of anilines is 1. The molecule has 2 aromatic heterocycles. The molecule has 1 fully saturated rings. The standard InChI is InChI=1S/C13H14ClN3O3S3/c14-10-3-4-11(22-10)23(19,20)17-6-1-2-9(8-17)12(18)16-13-15-5-7-21-13/h3-5,7,9H,1-2,6,8H2,(H,15,16,18). The van der Waals surface area contributed by atoms with Crippen molar-refractivity contribution in [3.05, 3.63) is 28.0 Å². The summed E-state index contributed by atoms with van der Waals surface area (Å²) in [5, 5.41) is 5.04. The number of piperidine rings is 1. The van der Waals surface area contributed by atoms with Gasteiger partial charge in [-0.1, -0.05) is 11.6 Å². The number of thiophene rings is 1. The molecule has 2 aromatic rings. The van der Waals surface area contributed by atoms with Crippen LogP contribution < -0.4 is 5.32 Å². The van der Waals surface area contributed by atoms with E-state index in [-0.39, 0.29) is 22.6 Å².